The molecule has 7 nitrogen and oxygen atoms in total. The van der Waals surface area contributed by atoms with Crippen LogP contribution < -0.4 is 19.9 Å². The van der Waals surface area contributed by atoms with Crippen molar-refractivity contribution in [2.45, 2.75) is 20.3 Å². The number of hydrogen-bond acceptors (Lipinski definition) is 6. The first-order chi connectivity index (χ1) is 14.3. The lowest BCUT2D eigenvalue weighted by atomic mass is 10.1. The quantitative estimate of drug-likeness (QED) is 0.505. The van der Waals surface area contributed by atoms with Crippen molar-refractivity contribution in [3.8, 4) is 17.6 Å². The van der Waals surface area contributed by atoms with Crippen LogP contribution in [-0.4, -0.2) is 25.6 Å². The molecule has 0 fully saturated rings. The Morgan fingerprint density at radius 3 is 2.43 bits per heavy atom. The molecule has 0 saturated heterocycles. The molecule has 0 aliphatic rings. The molecule has 30 heavy (non-hydrogen) atoms. The third-order valence-electron chi connectivity index (χ3n) is 4.20. The molecule has 1 amide bonds. The van der Waals surface area contributed by atoms with Crippen molar-refractivity contribution < 1.29 is 24.2 Å². The highest BCUT2D eigenvalue weighted by atomic mass is 16.5. The van der Waals surface area contributed by atoms with E-state index in [1.165, 1.54) is 37.5 Å². The van der Waals surface area contributed by atoms with E-state index in [4.69, 9.17) is 9.47 Å². The van der Waals surface area contributed by atoms with E-state index in [-0.39, 0.29) is 11.1 Å². The van der Waals surface area contributed by atoms with E-state index in [0.29, 0.717) is 35.3 Å². The minimum absolute atomic E-state index is 0.00755. The van der Waals surface area contributed by atoms with E-state index >= 15 is 0 Å². The van der Waals surface area contributed by atoms with Crippen LogP contribution in [0.5, 0.6) is 11.5 Å². The predicted molar refractivity (Wildman–Crippen MR) is 111 cm³/mol. The molecule has 2 aromatic carbocycles. The number of anilines is 1. The van der Waals surface area contributed by atoms with Crippen LogP contribution in [0.3, 0.4) is 0 Å². The Labute approximate surface area is 175 Å². The molecule has 0 saturated carbocycles. The maximum absolute atomic E-state index is 12.4. The van der Waals surface area contributed by atoms with E-state index in [1.54, 1.807) is 18.2 Å². The minimum atomic E-state index is -1.31. The third kappa shape index (κ3) is 6.38. The number of aromatic carboxylic acids is 1. The Bertz CT molecular complexity index is 972. The highest BCUT2D eigenvalue weighted by Gasteiger charge is 2.11. The van der Waals surface area contributed by atoms with Crippen molar-refractivity contribution in [2.75, 3.05) is 19.0 Å². The van der Waals surface area contributed by atoms with Crippen molar-refractivity contribution in [3.63, 3.8) is 0 Å². The number of methoxy groups -OCH3 is 1. The molecule has 1 N–H and O–H groups in total. The number of nitrogens with zero attached hydrogens (tertiary/aromatic N) is 1. The zero-order valence-corrected chi connectivity index (χ0v) is 17.1. The van der Waals surface area contributed by atoms with Crippen LogP contribution >= 0.6 is 0 Å². The molecular formula is C23H23N2O5-. The predicted octanol–water partition coefficient (Wildman–Crippen LogP) is 3.03. The fraction of sp³-hybridized carbons (Fsp3) is 0.261. The summed E-state index contributed by atoms with van der Waals surface area (Å²) >= 11 is 0. The summed E-state index contributed by atoms with van der Waals surface area (Å²) < 4.78 is 11.1. The Morgan fingerprint density at radius 1 is 1.17 bits per heavy atom. The summed E-state index contributed by atoms with van der Waals surface area (Å²) in [7, 11) is 1.52. The first-order valence-electron chi connectivity index (χ1n) is 9.39. The lowest BCUT2D eigenvalue weighted by Gasteiger charge is -2.12. The van der Waals surface area contributed by atoms with Crippen molar-refractivity contribution in [2.24, 2.45) is 5.92 Å². The zero-order valence-electron chi connectivity index (χ0n) is 17.1. The van der Waals surface area contributed by atoms with Gasteiger partial charge in [-0.3, -0.25) is 4.79 Å². The average Bonchev–Trinajstić information content (AvgIpc) is 2.72. The number of carboxylic acid groups (broad SMARTS) is 1. The highest BCUT2D eigenvalue weighted by molar-refractivity contribution is 6.09. The first kappa shape index (κ1) is 22.5. The molecule has 0 aliphatic heterocycles. The van der Waals surface area contributed by atoms with Crippen LogP contribution in [0.2, 0.25) is 0 Å². The van der Waals surface area contributed by atoms with Crippen LogP contribution in [0.25, 0.3) is 6.08 Å². The molecule has 2 rings (SSSR count). The minimum Gasteiger partial charge on any atom is -0.545 e. The van der Waals surface area contributed by atoms with Gasteiger partial charge in [0, 0.05) is 5.69 Å². The number of carbonyl (C=O) groups is 2. The number of rotatable bonds is 9. The molecule has 0 atom stereocenters. The summed E-state index contributed by atoms with van der Waals surface area (Å²) in [5, 5.41) is 22.7. The Kier molecular flexibility index (Phi) is 8.00. The summed E-state index contributed by atoms with van der Waals surface area (Å²) in [6.45, 7) is 4.78. The van der Waals surface area contributed by atoms with Gasteiger partial charge in [-0.25, -0.2) is 0 Å². The van der Waals surface area contributed by atoms with Crippen molar-refractivity contribution >= 4 is 23.6 Å². The maximum atomic E-state index is 12.4. The van der Waals surface area contributed by atoms with Gasteiger partial charge in [-0.1, -0.05) is 32.0 Å². The number of ether oxygens (including phenoxy) is 2. The number of nitrogens with one attached hydrogen (secondary N) is 1. The first-order valence-corrected chi connectivity index (χ1v) is 9.39. The van der Waals surface area contributed by atoms with Crippen LogP contribution in [0.4, 0.5) is 5.69 Å². The Balaban J connectivity index is 2.14. The smallest absolute Gasteiger partial charge is 0.266 e. The summed E-state index contributed by atoms with van der Waals surface area (Å²) in [5.41, 5.74) is 0.834. The molecule has 0 unspecified atom stereocenters. The molecule has 0 aromatic heterocycles. The fourth-order valence-electron chi connectivity index (χ4n) is 2.50. The average molecular weight is 407 g/mol. The lowest BCUT2D eigenvalue weighted by molar-refractivity contribution is -0.255. The molecule has 0 spiro atoms. The molecule has 0 bridgehead atoms. The van der Waals surface area contributed by atoms with Gasteiger partial charge in [-0.15, -0.1) is 0 Å². The van der Waals surface area contributed by atoms with Gasteiger partial charge in [0.05, 0.1) is 19.7 Å². The van der Waals surface area contributed by atoms with E-state index in [2.05, 4.69) is 19.2 Å². The number of amides is 1. The van der Waals surface area contributed by atoms with E-state index in [1.807, 2.05) is 6.07 Å². The topological polar surface area (TPSA) is 111 Å². The molecule has 0 aliphatic carbocycles. The molecule has 2 aromatic rings. The second-order valence-electron chi connectivity index (χ2n) is 6.93. The normalized spacial score (nSPS) is 11.0. The molecule has 156 valence electrons. The molecule has 0 radical (unpaired) electrons. The van der Waals surface area contributed by atoms with E-state index in [9.17, 15) is 20.0 Å². The van der Waals surface area contributed by atoms with Crippen LogP contribution in [0.15, 0.2) is 48.0 Å². The van der Waals surface area contributed by atoms with Gasteiger partial charge in [0.15, 0.2) is 11.5 Å². The number of hydrogen-bond donors (Lipinski definition) is 1. The van der Waals surface area contributed by atoms with Crippen LogP contribution in [0.1, 0.15) is 36.2 Å². The van der Waals surface area contributed by atoms with Crippen LogP contribution in [0, 0.1) is 17.2 Å². The summed E-state index contributed by atoms with van der Waals surface area (Å²) in [6, 6.07) is 12.5. The highest BCUT2D eigenvalue weighted by Crippen LogP contribution is 2.29. The van der Waals surface area contributed by atoms with Gasteiger partial charge in [-0.05, 0) is 53.8 Å². The van der Waals surface area contributed by atoms with Crippen molar-refractivity contribution in [1.82, 2.24) is 0 Å². The monoisotopic (exact) mass is 407 g/mol. The zero-order chi connectivity index (χ0) is 22.1. The van der Waals surface area contributed by atoms with Gasteiger partial charge in [0.1, 0.15) is 11.6 Å². The van der Waals surface area contributed by atoms with E-state index in [0.717, 1.165) is 6.42 Å². The number of benzene rings is 2. The van der Waals surface area contributed by atoms with Crippen molar-refractivity contribution in [3.05, 3.63) is 59.2 Å². The van der Waals surface area contributed by atoms with Gasteiger partial charge >= 0.3 is 0 Å². The Morgan fingerprint density at radius 2 is 1.87 bits per heavy atom. The van der Waals surface area contributed by atoms with Crippen LogP contribution in [-0.2, 0) is 4.79 Å². The van der Waals surface area contributed by atoms with Gasteiger partial charge in [0.2, 0.25) is 0 Å². The SMILES string of the molecule is COc1cc(/C=C(\C#N)C(=O)Nc2ccc(C(=O)[O-])cc2)ccc1OCCC(C)C. The number of carboxylic acids is 1. The standard InChI is InChI=1S/C23H24N2O5/c1-15(2)10-11-30-20-9-4-16(13-21(20)29-3)12-18(14-24)22(26)25-19-7-5-17(6-8-19)23(27)28/h4-9,12-13,15H,10-11H2,1-3H3,(H,25,26)(H,27,28)/p-1/b18-12+. The van der Waals surface area contributed by atoms with Gasteiger partial charge in [0.25, 0.3) is 5.91 Å². The fourth-order valence-corrected chi connectivity index (χ4v) is 2.50. The maximum Gasteiger partial charge on any atom is 0.266 e. The van der Waals surface area contributed by atoms with Gasteiger partial charge < -0.3 is 24.7 Å². The largest absolute Gasteiger partial charge is 0.545 e. The van der Waals surface area contributed by atoms with Gasteiger partial charge in [-0.2, -0.15) is 5.26 Å². The Hall–Kier alpha value is -3.79. The lowest BCUT2D eigenvalue weighted by Crippen LogP contribution is -2.22. The second-order valence-corrected chi connectivity index (χ2v) is 6.93. The molecular weight excluding hydrogens is 384 g/mol. The summed E-state index contributed by atoms with van der Waals surface area (Å²) in [5.74, 6) is -0.313. The van der Waals surface area contributed by atoms with E-state index < -0.39 is 11.9 Å². The molecule has 7 heteroatoms. The summed E-state index contributed by atoms with van der Waals surface area (Å²) in [6.07, 6.45) is 2.35. The number of nitriles is 1. The second kappa shape index (κ2) is 10.7. The van der Waals surface area contributed by atoms with Crippen molar-refractivity contribution in [1.29, 1.82) is 5.26 Å². The number of carbonyl (C=O) groups excluding carboxylic acids is 2. The molecule has 0 heterocycles. The third-order valence-corrected chi connectivity index (χ3v) is 4.20. The summed E-state index contributed by atoms with van der Waals surface area (Å²) in [4.78, 5) is 23.2.